The smallest absolute Gasteiger partial charge is 0.339 e. The molecule has 3 aromatic rings. The minimum Gasteiger partial charge on any atom is -0.478 e. The van der Waals surface area contributed by atoms with Gasteiger partial charge < -0.3 is 5.11 Å². The van der Waals surface area contributed by atoms with Crippen LogP contribution in [0.5, 0.6) is 0 Å². The normalized spacial score (nSPS) is 11.0. The lowest BCUT2D eigenvalue weighted by Crippen LogP contribution is -2.05. The molecule has 5 nitrogen and oxygen atoms in total. The van der Waals surface area contributed by atoms with Gasteiger partial charge in [-0.2, -0.15) is 5.10 Å². The van der Waals surface area contributed by atoms with Crippen molar-refractivity contribution in [1.29, 1.82) is 0 Å². The van der Waals surface area contributed by atoms with Gasteiger partial charge in [0.05, 0.1) is 23.4 Å². The molecule has 21 heavy (non-hydrogen) atoms. The Kier molecular flexibility index (Phi) is 3.17. The van der Waals surface area contributed by atoms with Gasteiger partial charge in [-0.3, -0.25) is 9.67 Å². The molecule has 0 aliphatic rings. The van der Waals surface area contributed by atoms with Crippen molar-refractivity contribution in [3.63, 3.8) is 0 Å². The Balaban J connectivity index is 1.99. The van der Waals surface area contributed by atoms with Crippen molar-refractivity contribution in [3.8, 4) is 0 Å². The molecule has 5 heteroatoms. The predicted molar refractivity (Wildman–Crippen MR) is 79.5 cm³/mol. The van der Waals surface area contributed by atoms with E-state index in [1.54, 1.807) is 24.7 Å². The van der Waals surface area contributed by atoms with E-state index >= 15 is 0 Å². The van der Waals surface area contributed by atoms with Gasteiger partial charge in [0, 0.05) is 11.6 Å². The minimum atomic E-state index is -0.932. The second kappa shape index (κ2) is 5.01. The predicted octanol–water partition coefficient (Wildman–Crippen LogP) is 2.79. The highest BCUT2D eigenvalue weighted by atomic mass is 16.4. The standard InChI is InChI=1S/C16H15N3O2/c1-10-15(16(20)21)11(2)19(18-10)9-12-5-6-14-13(8-12)4-3-7-17-14/h3-8H,9H2,1-2H3,(H,20,21). The third kappa shape index (κ3) is 2.38. The number of fused-ring (bicyclic) bond motifs is 1. The zero-order valence-electron chi connectivity index (χ0n) is 11.9. The highest BCUT2D eigenvalue weighted by Crippen LogP contribution is 2.17. The van der Waals surface area contributed by atoms with Gasteiger partial charge in [0.1, 0.15) is 5.56 Å². The maximum Gasteiger partial charge on any atom is 0.339 e. The van der Waals surface area contributed by atoms with E-state index in [4.69, 9.17) is 0 Å². The fourth-order valence-corrected chi connectivity index (χ4v) is 2.56. The summed E-state index contributed by atoms with van der Waals surface area (Å²) in [6, 6.07) is 9.92. The summed E-state index contributed by atoms with van der Waals surface area (Å²) in [5.41, 5.74) is 3.52. The van der Waals surface area contributed by atoms with Gasteiger partial charge in [0.25, 0.3) is 0 Å². The van der Waals surface area contributed by atoms with Crippen LogP contribution in [0.3, 0.4) is 0 Å². The Morgan fingerprint density at radius 2 is 2.10 bits per heavy atom. The number of rotatable bonds is 3. The Bertz CT molecular complexity index is 837. The zero-order chi connectivity index (χ0) is 15.0. The van der Waals surface area contributed by atoms with Crippen molar-refractivity contribution in [2.75, 3.05) is 0 Å². The maximum absolute atomic E-state index is 11.2. The SMILES string of the molecule is Cc1nn(Cc2ccc3ncccc3c2)c(C)c1C(=O)O. The number of hydrogen-bond acceptors (Lipinski definition) is 3. The topological polar surface area (TPSA) is 68.0 Å². The molecule has 0 saturated heterocycles. The molecule has 2 heterocycles. The van der Waals surface area contributed by atoms with Gasteiger partial charge in [-0.1, -0.05) is 12.1 Å². The molecule has 0 spiro atoms. The maximum atomic E-state index is 11.2. The summed E-state index contributed by atoms with van der Waals surface area (Å²) in [5.74, 6) is -0.932. The second-order valence-electron chi connectivity index (χ2n) is 5.04. The molecule has 2 aromatic heterocycles. The van der Waals surface area contributed by atoms with Crippen LogP contribution in [0.4, 0.5) is 0 Å². The zero-order valence-corrected chi connectivity index (χ0v) is 11.9. The fourth-order valence-electron chi connectivity index (χ4n) is 2.56. The Morgan fingerprint density at radius 3 is 2.81 bits per heavy atom. The first kappa shape index (κ1) is 13.3. The molecule has 0 radical (unpaired) electrons. The number of pyridine rings is 1. The highest BCUT2D eigenvalue weighted by molar-refractivity contribution is 5.90. The van der Waals surface area contributed by atoms with Crippen LogP contribution in [0.25, 0.3) is 10.9 Å². The number of aromatic nitrogens is 3. The number of carboxylic acids is 1. The van der Waals surface area contributed by atoms with E-state index < -0.39 is 5.97 Å². The van der Waals surface area contributed by atoms with E-state index in [1.165, 1.54) is 0 Å². The molecule has 0 aliphatic heterocycles. The minimum absolute atomic E-state index is 0.289. The van der Waals surface area contributed by atoms with Crippen LogP contribution in [0.1, 0.15) is 27.3 Å². The van der Waals surface area contributed by atoms with Crippen molar-refractivity contribution in [1.82, 2.24) is 14.8 Å². The first-order chi connectivity index (χ1) is 10.1. The van der Waals surface area contributed by atoms with Crippen molar-refractivity contribution in [2.45, 2.75) is 20.4 Å². The Hall–Kier alpha value is -2.69. The van der Waals surface area contributed by atoms with Crippen molar-refractivity contribution in [2.24, 2.45) is 0 Å². The van der Waals surface area contributed by atoms with Crippen LogP contribution in [-0.4, -0.2) is 25.8 Å². The van der Waals surface area contributed by atoms with Crippen LogP contribution in [-0.2, 0) is 6.54 Å². The molecule has 1 N–H and O–H groups in total. The molecule has 106 valence electrons. The summed E-state index contributed by atoms with van der Waals surface area (Å²) in [6.07, 6.45) is 1.77. The van der Waals surface area contributed by atoms with Gasteiger partial charge in [-0.25, -0.2) is 4.79 Å². The average Bonchev–Trinajstić information content (AvgIpc) is 2.73. The number of carboxylic acid groups (broad SMARTS) is 1. The third-order valence-corrected chi connectivity index (χ3v) is 3.60. The van der Waals surface area contributed by atoms with Crippen LogP contribution >= 0.6 is 0 Å². The fraction of sp³-hybridized carbons (Fsp3) is 0.188. The molecule has 1 aromatic carbocycles. The van der Waals surface area contributed by atoms with E-state index in [0.717, 1.165) is 16.5 Å². The second-order valence-corrected chi connectivity index (χ2v) is 5.04. The van der Waals surface area contributed by atoms with Gasteiger partial charge in [-0.05, 0) is 37.6 Å². The van der Waals surface area contributed by atoms with E-state index in [0.29, 0.717) is 17.9 Å². The Labute approximate surface area is 121 Å². The van der Waals surface area contributed by atoms with Crippen molar-refractivity contribution < 1.29 is 9.90 Å². The number of hydrogen-bond donors (Lipinski definition) is 1. The summed E-state index contributed by atoms with van der Waals surface area (Å²) in [4.78, 5) is 15.5. The van der Waals surface area contributed by atoms with E-state index in [-0.39, 0.29) is 5.56 Å². The molecular formula is C16H15N3O2. The summed E-state index contributed by atoms with van der Waals surface area (Å²) in [7, 11) is 0. The van der Waals surface area contributed by atoms with Crippen molar-refractivity contribution >= 4 is 16.9 Å². The van der Waals surface area contributed by atoms with Crippen LogP contribution < -0.4 is 0 Å². The van der Waals surface area contributed by atoms with Gasteiger partial charge in [-0.15, -0.1) is 0 Å². The van der Waals surface area contributed by atoms with E-state index in [1.807, 2.05) is 24.3 Å². The number of nitrogens with zero attached hydrogens (tertiary/aromatic N) is 3. The van der Waals surface area contributed by atoms with Gasteiger partial charge in [0.15, 0.2) is 0 Å². The molecule has 0 saturated carbocycles. The molecule has 0 amide bonds. The van der Waals surface area contributed by atoms with Crippen LogP contribution in [0, 0.1) is 13.8 Å². The molecule has 0 unspecified atom stereocenters. The number of aromatic carboxylic acids is 1. The number of carbonyl (C=O) groups is 1. The van der Waals surface area contributed by atoms with Crippen molar-refractivity contribution in [3.05, 3.63) is 59.0 Å². The lowest BCUT2D eigenvalue weighted by molar-refractivity contribution is 0.0695. The van der Waals surface area contributed by atoms with Gasteiger partial charge >= 0.3 is 5.97 Å². The summed E-state index contributed by atoms with van der Waals surface area (Å²) in [6.45, 7) is 4.05. The van der Waals surface area contributed by atoms with Gasteiger partial charge in [0.2, 0.25) is 0 Å². The molecule has 0 fully saturated rings. The molecule has 3 rings (SSSR count). The Morgan fingerprint density at radius 1 is 1.29 bits per heavy atom. The first-order valence-electron chi connectivity index (χ1n) is 6.67. The lowest BCUT2D eigenvalue weighted by Gasteiger charge is -2.06. The summed E-state index contributed by atoms with van der Waals surface area (Å²) >= 11 is 0. The molecule has 0 bridgehead atoms. The lowest BCUT2D eigenvalue weighted by atomic mass is 10.1. The largest absolute Gasteiger partial charge is 0.478 e. The molecule has 0 aliphatic carbocycles. The summed E-state index contributed by atoms with van der Waals surface area (Å²) in [5, 5.41) is 14.6. The third-order valence-electron chi connectivity index (χ3n) is 3.60. The van der Waals surface area contributed by atoms with Crippen LogP contribution in [0.2, 0.25) is 0 Å². The number of benzene rings is 1. The number of aryl methyl sites for hydroxylation is 1. The van der Waals surface area contributed by atoms with E-state index in [9.17, 15) is 9.90 Å². The molecular weight excluding hydrogens is 266 g/mol. The average molecular weight is 281 g/mol. The quantitative estimate of drug-likeness (QED) is 0.801. The summed E-state index contributed by atoms with van der Waals surface area (Å²) < 4.78 is 1.73. The van der Waals surface area contributed by atoms with E-state index in [2.05, 4.69) is 16.1 Å². The first-order valence-corrected chi connectivity index (χ1v) is 6.67. The monoisotopic (exact) mass is 281 g/mol. The highest BCUT2D eigenvalue weighted by Gasteiger charge is 2.17. The molecule has 0 atom stereocenters. The van der Waals surface area contributed by atoms with Crippen LogP contribution in [0.15, 0.2) is 36.5 Å².